The van der Waals surface area contributed by atoms with Gasteiger partial charge in [-0.25, -0.2) is 0 Å². The summed E-state index contributed by atoms with van der Waals surface area (Å²) in [6.45, 7) is 3.04. The van der Waals surface area contributed by atoms with E-state index in [1.165, 1.54) is 5.56 Å². The third kappa shape index (κ3) is 4.67. The molecule has 2 rings (SSSR count). The van der Waals surface area contributed by atoms with Crippen molar-refractivity contribution in [3.8, 4) is 5.75 Å². The molecule has 2 aromatic carbocycles. The average molecular weight is 322 g/mol. The van der Waals surface area contributed by atoms with E-state index < -0.39 is 0 Å². The first-order chi connectivity index (χ1) is 10.2. The molecule has 1 N–H and O–H groups in total. The first-order valence-electron chi connectivity index (χ1n) is 6.99. The molecule has 2 nitrogen and oxygen atoms in total. The zero-order valence-corrected chi connectivity index (χ0v) is 13.9. The van der Waals surface area contributed by atoms with Crippen LogP contribution in [0.2, 0.25) is 5.02 Å². The summed E-state index contributed by atoms with van der Waals surface area (Å²) in [7, 11) is 1.69. The van der Waals surface area contributed by atoms with Gasteiger partial charge >= 0.3 is 0 Å². The SMILES string of the molecule is CCNC(CSc1ccccc1Cl)c1cccc(OC)c1. The van der Waals surface area contributed by atoms with Gasteiger partial charge in [-0.3, -0.25) is 0 Å². The Morgan fingerprint density at radius 1 is 1.19 bits per heavy atom. The van der Waals surface area contributed by atoms with E-state index in [-0.39, 0.29) is 6.04 Å². The summed E-state index contributed by atoms with van der Waals surface area (Å²) in [6.07, 6.45) is 0. The van der Waals surface area contributed by atoms with Crippen LogP contribution in [0, 0.1) is 0 Å². The molecule has 112 valence electrons. The Kier molecular flexibility index (Phi) is 6.43. The van der Waals surface area contributed by atoms with Crippen LogP contribution in [-0.4, -0.2) is 19.4 Å². The van der Waals surface area contributed by atoms with Crippen molar-refractivity contribution < 1.29 is 4.74 Å². The minimum Gasteiger partial charge on any atom is -0.497 e. The molecule has 0 saturated heterocycles. The van der Waals surface area contributed by atoms with Gasteiger partial charge in [0.15, 0.2) is 0 Å². The Balaban J connectivity index is 2.10. The molecule has 0 aliphatic rings. The Hall–Kier alpha value is -1.16. The standard InChI is InChI=1S/C17H20ClNOS/c1-3-19-16(13-7-6-8-14(11-13)20-2)12-21-17-10-5-4-9-15(17)18/h4-11,16,19H,3,12H2,1-2H3. The zero-order valence-electron chi connectivity index (χ0n) is 12.3. The number of halogens is 1. The van der Waals surface area contributed by atoms with E-state index in [9.17, 15) is 0 Å². The van der Waals surface area contributed by atoms with Gasteiger partial charge in [0.2, 0.25) is 0 Å². The predicted molar refractivity (Wildman–Crippen MR) is 91.6 cm³/mol. The lowest BCUT2D eigenvalue weighted by Crippen LogP contribution is -2.22. The highest BCUT2D eigenvalue weighted by Crippen LogP contribution is 2.30. The van der Waals surface area contributed by atoms with E-state index >= 15 is 0 Å². The fraction of sp³-hybridized carbons (Fsp3) is 0.294. The molecule has 1 atom stereocenters. The maximum Gasteiger partial charge on any atom is 0.119 e. The summed E-state index contributed by atoms with van der Waals surface area (Å²) >= 11 is 7.99. The smallest absolute Gasteiger partial charge is 0.119 e. The van der Waals surface area contributed by atoms with Gasteiger partial charge in [0.25, 0.3) is 0 Å². The van der Waals surface area contributed by atoms with Crippen molar-refractivity contribution in [1.82, 2.24) is 5.32 Å². The third-order valence-corrected chi connectivity index (χ3v) is 4.80. The van der Waals surface area contributed by atoms with Crippen molar-refractivity contribution in [2.75, 3.05) is 19.4 Å². The van der Waals surface area contributed by atoms with Crippen LogP contribution in [0.25, 0.3) is 0 Å². The summed E-state index contributed by atoms with van der Waals surface area (Å²) < 4.78 is 5.31. The molecular formula is C17H20ClNOS. The van der Waals surface area contributed by atoms with Gasteiger partial charge in [-0.1, -0.05) is 42.8 Å². The lowest BCUT2D eigenvalue weighted by Gasteiger charge is -2.19. The Labute approximate surface area is 135 Å². The summed E-state index contributed by atoms with van der Waals surface area (Å²) in [5, 5.41) is 4.33. The molecule has 0 heterocycles. The minimum absolute atomic E-state index is 0.270. The number of methoxy groups -OCH3 is 1. The average Bonchev–Trinajstić information content (AvgIpc) is 2.53. The van der Waals surface area contributed by atoms with Crippen molar-refractivity contribution in [1.29, 1.82) is 0 Å². The van der Waals surface area contributed by atoms with Gasteiger partial charge in [0.1, 0.15) is 5.75 Å². The van der Waals surface area contributed by atoms with Gasteiger partial charge in [-0.2, -0.15) is 0 Å². The van der Waals surface area contributed by atoms with Crippen molar-refractivity contribution in [3.63, 3.8) is 0 Å². The Morgan fingerprint density at radius 2 is 2.00 bits per heavy atom. The molecule has 0 amide bonds. The number of thioether (sulfide) groups is 1. The molecule has 21 heavy (non-hydrogen) atoms. The maximum atomic E-state index is 6.22. The van der Waals surface area contributed by atoms with E-state index in [1.807, 2.05) is 30.3 Å². The first kappa shape index (κ1) is 16.2. The molecule has 0 aliphatic carbocycles. The highest BCUT2D eigenvalue weighted by molar-refractivity contribution is 7.99. The largest absolute Gasteiger partial charge is 0.497 e. The van der Waals surface area contributed by atoms with Crippen LogP contribution in [0.1, 0.15) is 18.5 Å². The monoisotopic (exact) mass is 321 g/mol. The number of hydrogen-bond donors (Lipinski definition) is 1. The van der Waals surface area contributed by atoms with Crippen LogP contribution in [0.3, 0.4) is 0 Å². The Morgan fingerprint density at radius 3 is 2.71 bits per heavy atom. The van der Waals surface area contributed by atoms with Gasteiger partial charge in [0.05, 0.1) is 12.1 Å². The molecule has 0 radical (unpaired) electrons. The van der Waals surface area contributed by atoms with E-state index in [1.54, 1.807) is 18.9 Å². The van der Waals surface area contributed by atoms with Crippen LogP contribution < -0.4 is 10.1 Å². The predicted octanol–water partition coefficient (Wildman–Crippen LogP) is 4.79. The quantitative estimate of drug-likeness (QED) is 0.741. The summed E-state index contributed by atoms with van der Waals surface area (Å²) in [5.74, 6) is 1.81. The molecule has 0 spiro atoms. The second kappa shape index (κ2) is 8.32. The number of hydrogen-bond acceptors (Lipinski definition) is 3. The number of benzene rings is 2. The minimum atomic E-state index is 0.270. The van der Waals surface area contributed by atoms with Gasteiger partial charge in [0, 0.05) is 16.7 Å². The van der Waals surface area contributed by atoms with E-state index in [0.717, 1.165) is 28.0 Å². The topological polar surface area (TPSA) is 21.3 Å². The maximum absolute atomic E-state index is 6.22. The molecule has 0 saturated carbocycles. The fourth-order valence-electron chi connectivity index (χ4n) is 2.11. The second-order valence-corrected chi connectivity index (χ2v) is 6.10. The zero-order chi connectivity index (χ0) is 15.1. The lowest BCUT2D eigenvalue weighted by atomic mass is 10.1. The molecule has 2 aromatic rings. The second-order valence-electron chi connectivity index (χ2n) is 4.63. The number of nitrogens with one attached hydrogen (secondary N) is 1. The van der Waals surface area contributed by atoms with Crippen LogP contribution in [0.5, 0.6) is 5.75 Å². The first-order valence-corrected chi connectivity index (χ1v) is 8.35. The van der Waals surface area contributed by atoms with Gasteiger partial charge < -0.3 is 10.1 Å². The summed E-state index contributed by atoms with van der Waals surface area (Å²) in [4.78, 5) is 1.12. The van der Waals surface area contributed by atoms with E-state index in [0.29, 0.717) is 0 Å². The van der Waals surface area contributed by atoms with Gasteiger partial charge in [-0.05, 0) is 36.4 Å². The van der Waals surface area contributed by atoms with Crippen molar-refractivity contribution in [2.45, 2.75) is 17.9 Å². The summed E-state index contributed by atoms with van der Waals surface area (Å²) in [6, 6.07) is 16.4. The molecule has 4 heteroatoms. The highest BCUT2D eigenvalue weighted by Gasteiger charge is 2.12. The molecule has 0 fully saturated rings. The van der Waals surface area contributed by atoms with Crippen LogP contribution in [0.4, 0.5) is 0 Å². The molecule has 1 unspecified atom stereocenters. The van der Waals surface area contributed by atoms with Crippen molar-refractivity contribution >= 4 is 23.4 Å². The normalized spacial score (nSPS) is 12.1. The molecule has 0 aliphatic heterocycles. The number of ether oxygens (including phenoxy) is 1. The highest BCUT2D eigenvalue weighted by atomic mass is 35.5. The third-order valence-electron chi connectivity index (χ3n) is 3.19. The van der Waals surface area contributed by atoms with E-state index in [4.69, 9.17) is 16.3 Å². The molecular weight excluding hydrogens is 302 g/mol. The van der Waals surface area contributed by atoms with Crippen LogP contribution in [0.15, 0.2) is 53.4 Å². The van der Waals surface area contributed by atoms with E-state index in [2.05, 4.69) is 30.4 Å². The van der Waals surface area contributed by atoms with Crippen molar-refractivity contribution in [2.24, 2.45) is 0 Å². The Bertz CT molecular complexity index is 576. The lowest BCUT2D eigenvalue weighted by molar-refractivity contribution is 0.413. The molecule has 0 bridgehead atoms. The van der Waals surface area contributed by atoms with Crippen LogP contribution in [-0.2, 0) is 0 Å². The van der Waals surface area contributed by atoms with Crippen LogP contribution >= 0.6 is 23.4 Å². The van der Waals surface area contributed by atoms with Crippen molar-refractivity contribution in [3.05, 3.63) is 59.1 Å². The summed E-state index contributed by atoms with van der Waals surface area (Å²) in [5.41, 5.74) is 1.23. The number of rotatable bonds is 7. The fourth-order valence-corrected chi connectivity index (χ4v) is 3.45. The molecule has 0 aromatic heterocycles. The van der Waals surface area contributed by atoms with Gasteiger partial charge in [-0.15, -0.1) is 11.8 Å².